The van der Waals surface area contributed by atoms with E-state index >= 15 is 0 Å². The predicted molar refractivity (Wildman–Crippen MR) is 81.3 cm³/mol. The number of carbonyl (C=O) groups is 1. The zero-order valence-corrected chi connectivity index (χ0v) is 12.5. The largest absolute Gasteiger partial charge is 0.465 e. The second-order valence-corrected chi connectivity index (χ2v) is 5.58. The van der Waals surface area contributed by atoms with Gasteiger partial charge in [-0.05, 0) is 0 Å². The van der Waals surface area contributed by atoms with Gasteiger partial charge in [0, 0.05) is 18.4 Å². The van der Waals surface area contributed by atoms with Crippen molar-refractivity contribution < 1.29 is 9.53 Å². The molecule has 0 amide bonds. The van der Waals surface area contributed by atoms with Crippen LogP contribution in [0.2, 0.25) is 0 Å². The minimum Gasteiger partial charge on any atom is -0.465 e. The molecule has 0 radical (unpaired) electrons. The first-order chi connectivity index (χ1) is 10.3. The van der Waals surface area contributed by atoms with Gasteiger partial charge < -0.3 is 4.74 Å². The number of rotatable bonds is 5. The molecule has 0 aliphatic rings. The van der Waals surface area contributed by atoms with Gasteiger partial charge in [-0.2, -0.15) is 5.10 Å². The molecule has 0 saturated carbocycles. The summed E-state index contributed by atoms with van der Waals surface area (Å²) in [6.07, 6.45) is 2.95. The zero-order chi connectivity index (χ0) is 14.7. The SMILES string of the molecule is CCC(=O)OCCc1nn2cc(-c3ccccc3)nc2s1. The lowest BCUT2D eigenvalue weighted by Gasteiger charge is -1.99. The summed E-state index contributed by atoms with van der Waals surface area (Å²) in [5, 5.41) is 5.38. The number of hydrogen-bond donors (Lipinski definition) is 0. The summed E-state index contributed by atoms with van der Waals surface area (Å²) in [4.78, 5) is 16.5. The number of hydrogen-bond acceptors (Lipinski definition) is 5. The second kappa shape index (κ2) is 6.05. The summed E-state index contributed by atoms with van der Waals surface area (Å²) in [5.74, 6) is -0.178. The molecule has 0 N–H and O–H groups in total. The molecule has 3 aromatic rings. The lowest BCUT2D eigenvalue weighted by molar-refractivity contribution is -0.143. The van der Waals surface area contributed by atoms with Crippen molar-refractivity contribution in [2.45, 2.75) is 19.8 Å². The molecule has 0 fully saturated rings. The van der Waals surface area contributed by atoms with Crippen LogP contribution in [0, 0.1) is 0 Å². The van der Waals surface area contributed by atoms with Crippen LogP contribution in [0.5, 0.6) is 0 Å². The van der Waals surface area contributed by atoms with E-state index < -0.39 is 0 Å². The molecule has 1 aromatic carbocycles. The first-order valence-electron chi connectivity index (χ1n) is 6.82. The molecule has 108 valence electrons. The van der Waals surface area contributed by atoms with E-state index in [-0.39, 0.29) is 5.97 Å². The number of ether oxygens (including phenoxy) is 1. The Kier molecular flexibility index (Phi) is 3.96. The van der Waals surface area contributed by atoms with Crippen molar-refractivity contribution in [1.29, 1.82) is 0 Å². The van der Waals surface area contributed by atoms with Crippen molar-refractivity contribution in [3.63, 3.8) is 0 Å². The molecule has 2 heterocycles. The number of fused-ring (bicyclic) bond motifs is 1. The highest BCUT2D eigenvalue weighted by Gasteiger charge is 2.10. The fourth-order valence-corrected chi connectivity index (χ4v) is 2.80. The Balaban J connectivity index is 1.71. The predicted octanol–water partition coefficient (Wildman–Crippen LogP) is 2.95. The molecule has 21 heavy (non-hydrogen) atoms. The fourth-order valence-electron chi connectivity index (χ4n) is 1.94. The fraction of sp³-hybridized carbons (Fsp3) is 0.267. The van der Waals surface area contributed by atoms with Crippen LogP contribution in [0.15, 0.2) is 36.5 Å². The zero-order valence-electron chi connectivity index (χ0n) is 11.7. The number of benzene rings is 1. The van der Waals surface area contributed by atoms with E-state index in [1.165, 1.54) is 11.3 Å². The maximum Gasteiger partial charge on any atom is 0.305 e. The molecule has 0 saturated heterocycles. The third kappa shape index (κ3) is 3.11. The Morgan fingerprint density at radius 3 is 2.86 bits per heavy atom. The van der Waals surface area contributed by atoms with E-state index in [0.717, 1.165) is 21.2 Å². The number of imidazole rings is 1. The van der Waals surface area contributed by atoms with Crippen LogP contribution < -0.4 is 0 Å². The van der Waals surface area contributed by atoms with Crippen LogP contribution in [-0.4, -0.2) is 27.2 Å². The first kappa shape index (κ1) is 13.8. The van der Waals surface area contributed by atoms with Gasteiger partial charge in [-0.25, -0.2) is 9.50 Å². The van der Waals surface area contributed by atoms with Gasteiger partial charge in [0.15, 0.2) is 0 Å². The molecule has 3 rings (SSSR count). The van der Waals surface area contributed by atoms with Crippen LogP contribution in [0.1, 0.15) is 18.4 Å². The Labute approximate surface area is 126 Å². The van der Waals surface area contributed by atoms with Crippen LogP contribution in [0.25, 0.3) is 16.2 Å². The van der Waals surface area contributed by atoms with Crippen molar-refractivity contribution in [3.05, 3.63) is 41.5 Å². The lowest BCUT2D eigenvalue weighted by atomic mass is 10.2. The highest BCUT2D eigenvalue weighted by Crippen LogP contribution is 2.22. The van der Waals surface area contributed by atoms with Crippen LogP contribution in [0.4, 0.5) is 0 Å². The van der Waals surface area contributed by atoms with Gasteiger partial charge >= 0.3 is 5.97 Å². The highest BCUT2D eigenvalue weighted by molar-refractivity contribution is 7.16. The summed E-state index contributed by atoms with van der Waals surface area (Å²) in [7, 11) is 0. The number of nitrogens with zero attached hydrogens (tertiary/aromatic N) is 3. The monoisotopic (exact) mass is 301 g/mol. The van der Waals surface area contributed by atoms with Crippen LogP contribution >= 0.6 is 11.3 Å². The van der Waals surface area contributed by atoms with E-state index in [9.17, 15) is 4.79 Å². The molecule has 5 nitrogen and oxygen atoms in total. The maximum absolute atomic E-state index is 11.1. The normalized spacial score (nSPS) is 10.9. The van der Waals surface area contributed by atoms with Crippen molar-refractivity contribution in [3.8, 4) is 11.3 Å². The summed E-state index contributed by atoms with van der Waals surface area (Å²) in [6, 6.07) is 10.0. The summed E-state index contributed by atoms with van der Waals surface area (Å²) in [5.41, 5.74) is 1.99. The molecule has 2 aromatic heterocycles. The van der Waals surface area contributed by atoms with E-state index in [2.05, 4.69) is 10.1 Å². The minimum atomic E-state index is -0.178. The summed E-state index contributed by atoms with van der Waals surface area (Å²) in [6.45, 7) is 2.15. The van der Waals surface area contributed by atoms with Gasteiger partial charge in [0.05, 0.1) is 18.5 Å². The van der Waals surface area contributed by atoms with Gasteiger partial charge in [0.1, 0.15) is 5.01 Å². The van der Waals surface area contributed by atoms with Crippen LogP contribution in [0.3, 0.4) is 0 Å². The molecular weight excluding hydrogens is 286 g/mol. The Morgan fingerprint density at radius 2 is 2.14 bits per heavy atom. The number of aromatic nitrogens is 3. The van der Waals surface area contributed by atoms with E-state index in [1.807, 2.05) is 36.5 Å². The number of carbonyl (C=O) groups excluding carboxylic acids is 1. The topological polar surface area (TPSA) is 56.5 Å². The van der Waals surface area contributed by atoms with Crippen molar-refractivity contribution in [1.82, 2.24) is 14.6 Å². The van der Waals surface area contributed by atoms with Gasteiger partial charge in [-0.3, -0.25) is 4.79 Å². The average molecular weight is 301 g/mol. The van der Waals surface area contributed by atoms with Gasteiger partial charge in [0.2, 0.25) is 4.96 Å². The number of esters is 1. The van der Waals surface area contributed by atoms with Gasteiger partial charge in [0.25, 0.3) is 0 Å². The smallest absolute Gasteiger partial charge is 0.305 e. The Bertz CT molecular complexity index is 717. The van der Waals surface area contributed by atoms with Crippen molar-refractivity contribution in [2.24, 2.45) is 0 Å². The quantitative estimate of drug-likeness (QED) is 0.680. The third-order valence-corrected chi connectivity index (χ3v) is 4.00. The summed E-state index contributed by atoms with van der Waals surface area (Å²) < 4.78 is 6.84. The molecule has 0 aliphatic carbocycles. The van der Waals surface area contributed by atoms with Crippen molar-refractivity contribution >= 4 is 22.3 Å². The molecule has 0 atom stereocenters. The van der Waals surface area contributed by atoms with Gasteiger partial charge in [-0.15, -0.1) is 0 Å². The molecule has 0 aliphatic heterocycles. The molecular formula is C15H15N3O2S. The minimum absolute atomic E-state index is 0.178. The standard InChI is InChI=1S/C15H15N3O2S/c1-2-14(19)20-9-8-13-17-18-10-12(16-15(18)21-13)11-6-4-3-5-7-11/h3-7,10H,2,8-9H2,1H3. The third-order valence-electron chi connectivity index (χ3n) is 3.02. The van der Waals surface area contributed by atoms with E-state index in [0.29, 0.717) is 19.4 Å². The second-order valence-electron chi connectivity index (χ2n) is 4.54. The van der Waals surface area contributed by atoms with Crippen molar-refractivity contribution in [2.75, 3.05) is 6.61 Å². The summed E-state index contributed by atoms with van der Waals surface area (Å²) >= 11 is 1.52. The molecule has 0 spiro atoms. The first-order valence-corrected chi connectivity index (χ1v) is 7.64. The lowest BCUT2D eigenvalue weighted by Crippen LogP contribution is -2.06. The highest BCUT2D eigenvalue weighted by atomic mass is 32.1. The molecule has 0 bridgehead atoms. The average Bonchev–Trinajstić information content (AvgIpc) is 3.06. The van der Waals surface area contributed by atoms with E-state index in [4.69, 9.17) is 4.74 Å². The van der Waals surface area contributed by atoms with Gasteiger partial charge in [-0.1, -0.05) is 48.6 Å². The Morgan fingerprint density at radius 1 is 1.33 bits per heavy atom. The van der Waals surface area contributed by atoms with E-state index in [1.54, 1.807) is 11.4 Å². The maximum atomic E-state index is 11.1. The Hall–Kier alpha value is -2.21. The molecule has 0 unspecified atom stereocenters. The molecule has 6 heteroatoms. The van der Waals surface area contributed by atoms with Crippen LogP contribution in [-0.2, 0) is 16.0 Å².